The smallest absolute Gasteiger partial charge is 0.220 e. The molecule has 1 unspecified atom stereocenters. The Morgan fingerprint density at radius 2 is 2.10 bits per heavy atom. The van der Waals surface area contributed by atoms with Gasteiger partial charge >= 0.3 is 0 Å². The molecule has 0 saturated heterocycles. The van der Waals surface area contributed by atoms with E-state index in [2.05, 4.69) is 5.32 Å². The van der Waals surface area contributed by atoms with Crippen LogP contribution < -0.4 is 10.1 Å². The number of rotatable bonds is 3. The molecule has 1 aliphatic carbocycles. The first kappa shape index (κ1) is 13.7. The molecule has 4 heteroatoms. The van der Waals surface area contributed by atoms with E-state index in [-0.39, 0.29) is 11.9 Å². The average Bonchev–Trinajstić information content (AvgIpc) is 2.93. The number of fused-ring (bicyclic) bond motifs is 1. The van der Waals surface area contributed by atoms with E-state index in [0.717, 1.165) is 17.7 Å². The van der Waals surface area contributed by atoms with Gasteiger partial charge in [0.2, 0.25) is 5.91 Å². The summed E-state index contributed by atoms with van der Waals surface area (Å²) in [6, 6.07) is 5.75. The van der Waals surface area contributed by atoms with Gasteiger partial charge in [0.15, 0.2) is 0 Å². The molecule has 2 aliphatic rings. The van der Waals surface area contributed by atoms with Gasteiger partial charge in [-0.15, -0.1) is 0 Å². The quantitative estimate of drug-likeness (QED) is 0.919. The van der Waals surface area contributed by atoms with E-state index >= 15 is 0 Å². The second-order valence-corrected chi connectivity index (χ2v) is 6.18. The molecule has 0 spiro atoms. The van der Waals surface area contributed by atoms with Crippen molar-refractivity contribution >= 4 is 17.5 Å². The van der Waals surface area contributed by atoms with Gasteiger partial charge in [-0.1, -0.05) is 36.6 Å². The van der Waals surface area contributed by atoms with Crippen LogP contribution in [0.3, 0.4) is 0 Å². The number of para-hydroxylation sites is 1. The lowest BCUT2D eigenvalue weighted by Crippen LogP contribution is -2.33. The molecule has 1 amide bonds. The van der Waals surface area contributed by atoms with Gasteiger partial charge in [0, 0.05) is 18.4 Å². The molecule has 1 aromatic rings. The zero-order valence-electron chi connectivity index (χ0n) is 11.5. The Kier molecular flexibility index (Phi) is 4.16. The summed E-state index contributed by atoms with van der Waals surface area (Å²) in [6.45, 7) is 0.602. The van der Waals surface area contributed by atoms with Gasteiger partial charge in [-0.2, -0.15) is 0 Å². The maximum atomic E-state index is 12.2. The Bertz CT molecular complexity index is 497. The summed E-state index contributed by atoms with van der Waals surface area (Å²) >= 11 is 6.14. The van der Waals surface area contributed by atoms with Gasteiger partial charge in [-0.05, 0) is 24.8 Å². The number of carbonyl (C=O) groups excluding carboxylic acids is 1. The van der Waals surface area contributed by atoms with Crippen molar-refractivity contribution in [2.24, 2.45) is 5.92 Å². The predicted molar refractivity (Wildman–Crippen MR) is 79.0 cm³/mol. The van der Waals surface area contributed by atoms with E-state index in [0.29, 0.717) is 24.0 Å². The second-order valence-electron chi connectivity index (χ2n) is 5.77. The summed E-state index contributed by atoms with van der Waals surface area (Å²) in [5.74, 6) is 1.47. The number of carbonyl (C=O) groups is 1. The third-order valence-electron chi connectivity index (χ3n) is 4.31. The summed E-state index contributed by atoms with van der Waals surface area (Å²) in [4.78, 5) is 12.2. The van der Waals surface area contributed by atoms with E-state index in [4.69, 9.17) is 16.3 Å². The lowest BCUT2D eigenvalue weighted by Gasteiger charge is -2.27. The third-order valence-corrected chi connectivity index (χ3v) is 4.61. The van der Waals surface area contributed by atoms with Gasteiger partial charge in [0.25, 0.3) is 0 Å². The highest BCUT2D eigenvalue weighted by atomic mass is 35.5. The first-order chi connectivity index (χ1) is 9.74. The molecule has 3 rings (SSSR count). The Balaban J connectivity index is 1.66. The Hall–Kier alpha value is -1.22. The van der Waals surface area contributed by atoms with Gasteiger partial charge in [-0.25, -0.2) is 0 Å². The van der Waals surface area contributed by atoms with Crippen molar-refractivity contribution in [2.75, 3.05) is 6.61 Å². The van der Waals surface area contributed by atoms with Crippen LogP contribution in [0.4, 0.5) is 0 Å². The first-order valence-electron chi connectivity index (χ1n) is 7.44. The predicted octanol–water partition coefficient (Wildman–Crippen LogP) is 3.86. The Morgan fingerprint density at radius 1 is 1.30 bits per heavy atom. The summed E-state index contributed by atoms with van der Waals surface area (Å²) in [5, 5.41) is 3.77. The van der Waals surface area contributed by atoms with Gasteiger partial charge < -0.3 is 10.1 Å². The van der Waals surface area contributed by atoms with Crippen LogP contribution in [0.2, 0.25) is 5.02 Å². The molecule has 1 aliphatic heterocycles. The maximum Gasteiger partial charge on any atom is 0.220 e. The molecular formula is C16H20ClNO2. The lowest BCUT2D eigenvalue weighted by atomic mass is 9.99. The molecule has 3 nitrogen and oxygen atoms in total. The molecule has 0 aromatic heterocycles. The fraction of sp³-hybridized carbons (Fsp3) is 0.562. The highest BCUT2D eigenvalue weighted by Crippen LogP contribution is 2.37. The van der Waals surface area contributed by atoms with E-state index in [1.165, 1.54) is 25.7 Å². The minimum Gasteiger partial charge on any atom is -0.492 e. The zero-order chi connectivity index (χ0) is 13.9. The molecule has 20 heavy (non-hydrogen) atoms. The zero-order valence-corrected chi connectivity index (χ0v) is 12.3. The van der Waals surface area contributed by atoms with E-state index in [1.807, 2.05) is 18.2 Å². The topological polar surface area (TPSA) is 38.3 Å². The van der Waals surface area contributed by atoms with Crippen LogP contribution in [-0.4, -0.2) is 12.5 Å². The average molecular weight is 294 g/mol. The van der Waals surface area contributed by atoms with Crippen LogP contribution >= 0.6 is 11.6 Å². The largest absolute Gasteiger partial charge is 0.492 e. The summed E-state index contributed by atoms with van der Waals surface area (Å²) in [5.41, 5.74) is 1.00. The highest BCUT2D eigenvalue weighted by molar-refractivity contribution is 6.32. The van der Waals surface area contributed by atoms with E-state index in [1.54, 1.807) is 0 Å². The molecule has 1 N–H and O–H groups in total. The van der Waals surface area contributed by atoms with Crippen LogP contribution in [-0.2, 0) is 4.79 Å². The van der Waals surface area contributed by atoms with E-state index in [9.17, 15) is 4.79 Å². The number of hydrogen-bond donors (Lipinski definition) is 1. The molecule has 1 aromatic carbocycles. The third kappa shape index (κ3) is 2.93. The van der Waals surface area contributed by atoms with Crippen LogP contribution in [0.5, 0.6) is 5.75 Å². The first-order valence-corrected chi connectivity index (χ1v) is 7.82. The molecule has 1 fully saturated rings. The molecule has 1 heterocycles. The van der Waals surface area contributed by atoms with Crippen molar-refractivity contribution in [1.29, 1.82) is 0 Å². The van der Waals surface area contributed by atoms with Crippen molar-refractivity contribution in [3.8, 4) is 5.75 Å². The minimum absolute atomic E-state index is 0.0337. The lowest BCUT2D eigenvalue weighted by molar-refractivity contribution is -0.122. The minimum atomic E-state index is 0.0337. The van der Waals surface area contributed by atoms with Crippen LogP contribution in [0.15, 0.2) is 18.2 Å². The fourth-order valence-corrected chi connectivity index (χ4v) is 3.50. The van der Waals surface area contributed by atoms with Gasteiger partial charge in [-0.3, -0.25) is 4.79 Å². The molecule has 0 radical (unpaired) electrons. The SMILES string of the molecule is O=C(CC1CCCC1)NC1CCOc2c(Cl)cccc21. The molecule has 0 bridgehead atoms. The monoisotopic (exact) mass is 293 g/mol. The summed E-state index contributed by atoms with van der Waals surface area (Å²) < 4.78 is 5.62. The van der Waals surface area contributed by atoms with Crippen LogP contribution in [0.25, 0.3) is 0 Å². The molecule has 1 saturated carbocycles. The highest BCUT2D eigenvalue weighted by Gasteiger charge is 2.26. The van der Waals surface area contributed by atoms with Crippen molar-refractivity contribution < 1.29 is 9.53 Å². The number of halogens is 1. The van der Waals surface area contributed by atoms with Crippen LogP contribution in [0, 0.1) is 5.92 Å². The summed E-state index contributed by atoms with van der Waals surface area (Å²) in [6.07, 6.45) is 6.41. The molecule has 1 atom stereocenters. The van der Waals surface area contributed by atoms with Crippen molar-refractivity contribution in [2.45, 2.75) is 44.6 Å². The Labute approximate surface area is 124 Å². The van der Waals surface area contributed by atoms with Crippen molar-refractivity contribution in [3.05, 3.63) is 28.8 Å². The van der Waals surface area contributed by atoms with Gasteiger partial charge in [0.05, 0.1) is 17.7 Å². The second kappa shape index (κ2) is 6.04. The maximum absolute atomic E-state index is 12.2. The standard InChI is InChI=1S/C16H20ClNO2/c17-13-7-3-6-12-14(8-9-20-16(12)13)18-15(19)10-11-4-1-2-5-11/h3,6-7,11,14H,1-2,4-5,8-10H2,(H,18,19). The fourth-order valence-electron chi connectivity index (χ4n) is 3.27. The number of benzene rings is 1. The molecular weight excluding hydrogens is 274 g/mol. The van der Waals surface area contributed by atoms with Gasteiger partial charge in [0.1, 0.15) is 5.75 Å². The Morgan fingerprint density at radius 3 is 2.90 bits per heavy atom. The van der Waals surface area contributed by atoms with Crippen molar-refractivity contribution in [1.82, 2.24) is 5.32 Å². The number of amides is 1. The van der Waals surface area contributed by atoms with Crippen molar-refractivity contribution in [3.63, 3.8) is 0 Å². The normalized spacial score (nSPS) is 22.1. The number of ether oxygens (including phenoxy) is 1. The number of nitrogens with one attached hydrogen (secondary N) is 1. The molecule has 108 valence electrons. The van der Waals surface area contributed by atoms with Crippen LogP contribution in [0.1, 0.15) is 50.1 Å². The summed E-state index contributed by atoms with van der Waals surface area (Å²) in [7, 11) is 0. The van der Waals surface area contributed by atoms with E-state index < -0.39 is 0 Å². The number of hydrogen-bond acceptors (Lipinski definition) is 2.